The molecule has 1 atom stereocenters. The zero-order valence-corrected chi connectivity index (χ0v) is 13.0. The van der Waals surface area contributed by atoms with Crippen LogP contribution in [-0.2, 0) is 13.1 Å². The molecule has 1 fully saturated rings. The van der Waals surface area contributed by atoms with Gasteiger partial charge in [-0.15, -0.1) is 5.10 Å². The van der Waals surface area contributed by atoms with Gasteiger partial charge in [-0.3, -0.25) is 9.58 Å². The second-order valence-electron chi connectivity index (χ2n) is 5.69. The summed E-state index contributed by atoms with van der Waals surface area (Å²) in [7, 11) is 4.13. The van der Waals surface area contributed by atoms with Crippen LogP contribution in [0.2, 0.25) is 0 Å². The van der Waals surface area contributed by atoms with Crippen molar-refractivity contribution in [1.82, 2.24) is 30.1 Å². The molecule has 1 unspecified atom stereocenters. The number of aromatic nitrogens is 3. The molecule has 0 amide bonds. The second-order valence-corrected chi connectivity index (χ2v) is 5.69. The van der Waals surface area contributed by atoms with Gasteiger partial charge in [-0.05, 0) is 40.0 Å². The Labute approximate surface area is 122 Å². The maximum Gasteiger partial charge on any atom is 0.0964 e. The Bertz CT molecular complexity index is 391. The van der Waals surface area contributed by atoms with Crippen molar-refractivity contribution in [2.45, 2.75) is 38.9 Å². The Morgan fingerprint density at radius 2 is 2.35 bits per heavy atom. The van der Waals surface area contributed by atoms with Crippen molar-refractivity contribution in [1.29, 1.82) is 0 Å². The first kappa shape index (κ1) is 15.4. The SMILES string of the molecule is CCN1CCCC1CN(C)CCn1cc(CNC)nn1. The zero-order chi connectivity index (χ0) is 14.4. The highest BCUT2D eigenvalue weighted by Crippen LogP contribution is 2.17. The number of likely N-dealkylation sites (N-methyl/N-ethyl adjacent to an activating group) is 2. The summed E-state index contributed by atoms with van der Waals surface area (Å²) >= 11 is 0. The molecule has 0 spiro atoms. The molecule has 1 N–H and O–H groups in total. The molecule has 1 aliphatic heterocycles. The minimum atomic E-state index is 0.737. The molecular formula is C14H28N6. The first-order valence-electron chi connectivity index (χ1n) is 7.69. The highest BCUT2D eigenvalue weighted by Gasteiger charge is 2.23. The van der Waals surface area contributed by atoms with Crippen molar-refractivity contribution < 1.29 is 0 Å². The van der Waals surface area contributed by atoms with Crippen molar-refractivity contribution in [3.63, 3.8) is 0 Å². The lowest BCUT2D eigenvalue weighted by molar-refractivity contribution is 0.194. The number of rotatable bonds is 8. The third kappa shape index (κ3) is 4.26. The quantitative estimate of drug-likeness (QED) is 0.747. The summed E-state index contributed by atoms with van der Waals surface area (Å²) in [6.07, 6.45) is 4.72. The predicted octanol–water partition coefficient (Wildman–Crippen LogP) is 0.414. The van der Waals surface area contributed by atoms with E-state index in [0.29, 0.717) is 0 Å². The summed E-state index contributed by atoms with van der Waals surface area (Å²) in [6.45, 7) is 8.58. The van der Waals surface area contributed by atoms with Crippen LogP contribution in [0.3, 0.4) is 0 Å². The van der Waals surface area contributed by atoms with Gasteiger partial charge in [0.25, 0.3) is 0 Å². The van der Waals surface area contributed by atoms with Gasteiger partial charge in [-0.1, -0.05) is 12.1 Å². The summed E-state index contributed by atoms with van der Waals surface area (Å²) in [5.41, 5.74) is 1.00. The Morgan fingerprint density at radius 3 is 3.10 bits per heavy atom. The van der Waals surface area contributed by atoms with Gasteiger partial charge in [-0.25, -0.2) is 0 Å². The lowest BCUT2D eigenvalue weighted by atomic mass is 10.2. The van der Waals surface area contributed by atoms with Crippen LogP contribution in [0.1, 0.15) is 25.5 Å². The van der Waals surface area contributed by atoms with E-state index >= 15 is 0 Å². The predicted molar refractivity (Wildman–Crippen MR) is 80.6 cm³/mol. The average Bonchev–Trinajstić information content (AvgIpc) is 3.06. The van der Waals surface area contributed by atoms with E-state index in [1.807, 2.05) is 17.9 Å². The molecule has 2 heterocycles. The van der Waals surface area contributed by atoms with E-state index in [1.165, 1.54) is 25.9 Å². The third-order valence-corrected chi connectivity index (χ3v) is 4.08. The fourth-order valence-electron chi connectivity index (χ4n) is 2.95. The topological polar surface area (TPSA) is 49.2 Å². The second kappa shape index (κ2) is 7.71. The van der Waals surface area contributed by atoms with Gasteiger partial charge in [-0.2, -0.15) is 0 Å². The molecule has 0 bridgehead atoms. The Hall–Kier alpha value is -0.980. The van der Waals surface area contributed by atoms with Crippen LogP contribution >= 0.6 is 0 Å². The van der Waals surface area contributed by atoms with Gasteiger partial charge >= 0.3 is 0 Å². The maximum atomic E-state index is 4.16. The van der Waals surface area contributed by atoms with Crippen LogP contribution < -0.4 is 5.32 Å². The Kier molecular flexibility index (Phi) is 5.94. The van der Waals surface area contributed by atoms with E-state index in [0.717, 1.165) is 37.9 Å². The summed E-state index contributed by atoms with van der Waals surface area (Å²) in [5, 5.41) is 11.4. The van der Waals surface area contributed by atoms with Gasteiger partial charge in [0.1, 0.15) is 0 Å². The molecule has 2 rings (SSSR count). The smallest absolute Gasteiger partial charge is 0.0964 e. The summed E-state index contributed by atoms with van der Waals surface area (Å²) in [4.78, 5) is 5.01. The van der Waals surface area contributed by atoms with E-state index in [9.17, 15) is 0 Å². The molecule has 6 heteroatoms. The van der Waals surface area contributed by atoms with Crippen LogP contribution in [0.4, 0.5) is 0 Å². The molecule has 0 saturated carbocycles. The molecule has 114 valence electrons. The maximum absolute atomic E-state index is 4.16. The molecule has 0 aromatic carbocycles. The highest BCUT2D eigenvalue weighted by atomic mass is 15.4. The monoisotopic (exact) mass is 280 g/mol. The normalized spacial score (nSPS) is 20.1. The van der Waals surface area contributed by atoms with Crippen molar-refractivity contribution in [2.24, 2.45) is 0 Å². The van der Waals surface area contributed by atoms with Crippen molar-refractivity contribution >= 4 is 0 Å². The molecule has 1 saturated heterocycles. The minimum Gasteiger partial charge on any atom is -0.314 e. The molecule has 1 aromatic rings. The minimum absolute atomic E-state index is 0.737. The first-order valence-corrected chi connectivity index (χ1v) is 7.69. The zero-order valence-electron chi connectivity index (χ0n) is 13.0. The van der Waals surface area contributed by atoms with E-state index < -0.39 is 0 Å². The van der Waals surface area contributed by atoms with Crippen molar-refractivity contribution in [2.75, 3.05) is 40.3 Å². The Morgan fingerprint density at radius 1 is 1.50 bits per heavy atom. The summed E-state index contributed by atoms with van der Waals surface area (Å²) < 4.78 is 1.94. The van der Waals surface area contributed by atoms with Crippen LogP contribution in [0.25, 0.3) is 0 Å². The van der Waals surface area contributed by atoms with Crippen molar-refractivity contribution in [3.8, 4) is 0 Å². The van der Waals surface area contributed by atoms with Gasteiger partial charge < -0.3 is 10.2 Å². The first-order chi connectivity index (χ1) is 9.72. The molecule has 1 aliphatic rings. The lowest BCUT2D eigenvalue weighted by Crippen LogP contribution is -2.39. The summed E-state index contributed by atoms with van der Waals surface area (Å²) in [5.74, 6) is 0. The highest BCUT2D eigenvalue weighted by molar-refractivity contribution is 4.91. The largest absolute Gasteiger partial charge is 0.314 e. The fraction of sp³-hybridized carbons (Fsp3) is 0.857. The van der Waals surface area contributed by atoms with E-state index in [2.05, 4.69) is 39.4 Å². The number of nitrogens with zero attached hydrogens (tertiary/aromatic N) is 5. The van der Waals surface area contributed by atoms with Gasteiger partial charge in [0.05, 0.1) is 12.2 Å². The van der Waals surface area contributed by atoms with Crippen LogP contribution in [0.15, 0.2) is 6.20 Å². The van der Waals surface area contributed by atoms with E-state index in [4.69, 9.17) is 0 Å². The fourth-order valence-corrected chi connectivity index (χ4v) is 2.95. The van der Waals surface area contributed by atoms with E-state index in [1.54, 1.807) is 0 Å². The molecule has 6 nitrogen and oxygen atoms in total. The average molecular weight is 280 g/mol. The molecule has 0 radical (unpaired) electrons. The van der Waals surface area contributed by atoms with Gasteiger partial charge in [0, 0.05) is 31.9 Å². The number of hydrogen-bond acceptors (Lipinski definition) is 5. The Balaban J connectivity index is 1.72. The summed E-state index contributed by atoms with van der Waals surface area (Å²) in [6, 6.07) is 0.737. The number of likely N-dealkylation sites (tertiary alicyclic amines) is 1. The van der Waals surface area contributed by atoms with Crippen LogP contribution in [0.5, 0.6) is 0 Å². The van der Waals surface area contributed by atoms with Crippen molar-refractivity contribution in [3.05, 3.63) is 11.9 Å². The molecule has 20 heavy (non-hydrogen) atoms. The molecule has 0 aliphatic carbocycles. The van der Waals surface area contributed by atoms with E-state index in [-0.39, 0.29) is 0 Å². The van der Waals surface area contributed by atoms with Crippen LogP contribution in [-0.4, -0.2) is 71.1 Å². The lowest BCUT2D eigenvalue weighted by Gasteiger charge is -2.27. The number of hydrogen-bond donors (Lipinski definition) is 1. The third-order valence-electron chi connectivity index (χ3n) is 4.08. The number of nitrogens with one attached hydrogen (secondary N) is 1. The standard InChI is InChI=1S/C14H28N6/c1-4-19-7-5-6-14(19)12-18(3)8-9-20-11-13(10-15-2)16-17-20/h11,14-15H,4-10,12H2,1-3H3. The van der Waals surface area contributed by atoms with Crippen LogP contribution in [0, 0.1) is 0 Å². The molecule has 1 aromatic heterocycles. The molecular weight excluding hydrogens is 252 g/mol. The van der Waals surface area contributed by atoms with Gasteiger partial charge in [0.2, 0.25) is 0 Å². The van der Waals surface area contributed by atoms with Gasteiger partial charge in [0.15, 0.2) is 0 Å².